The van der Waals surface area contributed by atoms with Crippen LogP contribution in [0.1, 0.15) is 12.1 Å². The molecule has 1 unspecified atom stereocenters. The minimum Gasteiger partial charge on any atom is -0.330 e. The molecule has 0 bridgehead atoms. The second-order valence-corrected chi connectivity index (χ2v) is 4.34. The lowest BCUT2D eigenvalue weighted by Gasteiger charge is -2.14. The van der Waals surface area contributed by atoms with E-state index in [4.69, 9.17) is 17.3 Å². The maximum absolute atomic E-state index is 5.67. The molecule has 2 N–H and O–H groups in total. The molecule has 1 aliphatic rings. The maximum atomic E-state index is 5.67. The van der Waals surface area contributed by atoms with Crippen molar-refractivity contribution in [2.24, 2.45) is 11.7 Å². The van der Waals surface area contributed by atoms with Crippen molar-refractivity contribution in [2.45, 2.75) is 13.0 Å². The topological polar surface area (TPSA) is 55.0 Å². The van der Waals surface area contributed by atoms with Crippen LogP contribution < -0.4 is 5.73 Å². The maximum Gasteiger partial charge on any atom is 0.147 e. The van der Waals surface area contributed by atoms with Crippen molar-refractivity contribution in [3.63, 3.8) is 0 Å². The molecule has 0 saturated carbocycles. The van der Waals surface area contributed by atoms with E-state index in [0.29, 0.717) is 11.1 Å². The van der Waals surface area contributed by atoms with Gasteiger partial charge in [-0.3, -0.25) is 9.88 Å². The van der Waals surface area contributed by atoms with Gasteiger partial charge < -0.3 is 5.73 Å². The van der Waals surface area contributed by atoms with Crippen molar-refractivity contribution in [3.05, 3.63) is 23.2 Å². The molecular formula is C10H15ClN4. The molecule has 1 fully saturated rings. The summed E-state index contributed by atoms with van der Waals surface area (Å²) >= 11 is 5.67. The molecule has 2 heterocycles. The smallest absolute Gasteiger partial charge is 0.147 e. The number of hydrogen-bond acceptors (Lipinski definition) is 4. The third-order valence-electron chi connectivity index (χ3n) is 2.76. The summed E-state index contributed by atoms with van der Waals surface area (Å²) in [6, 6.07) is 0. The van der Waals surface area contributed by atoms with Crippen LogP contribution in [-0.4, -0.2) is 34.5 Å². The lowest BCUT2D eigenvalue weighted by atomic mass is 10.1. The van der Waals surface area contributed by atoms with E-state index >= 15 is 0 Å². The van der Waals surface area contributed by atoms with Crippen molar-refractivity contribution in [2.75, 3.05) is 19.6 Å². The molecule has 1 atom stereocenters. The van der Waals surface area contributed by atoms with Crippen LogP contribution in [0.4, 0.5) is 0 Å². The Bertz CT molecular complexity index is 314. The Hall–Kier alpha value is -0.710. The summed E-state index contributed by atoms with van der Waals surface area (Å²) < 4.78 is 0. The molecule has 15 heavy (non-hydrogen) atoms. The summed E-state index contributed by atoms with van der Waals surface area (Å²) in [5.74, 6) is 0.644. The van der Waals surface area contributed by atoms with Gasteiger partial charge in [0, 0.05) is 13.1 Å². The number of hydrogen-bond donors (Lipinski definition) is 1. The average molecular weight is 227 g/mol. The van der Waals surface area contributed by atoms with E-state index in [1.54, 1.807) is 12.4 Å². The first kappa shape index (κ1) is 10.8. The molecule has 82 valence electrons. The van der Waals surface area contributed by atoms with Gasteiger partial charge in [-0.05, 0) is 25.4 Å². The molecule has 0 spiro atoms. The zero-order chi connectivity index (χ0) is 10.7. The summed E-state index contributed by atoms with van der Waals surface area (Å²) in [7, 11) is 0. The Morgan fingerprint density at radius 2 is 2.33 bits per heavy atom. The SMILES string of the molecule is NCC1CCN(Cc2cnc(Cl)cn2)C1. The van der Waals surface area contributed by atoms with Crippen LogP contribution >= 0.6 is 11.6 Å². The van der Waals surface area contributed by atoms with Gasteiger partial charge in [0.1, 0.15) is 5.15 Å². The number of aromatic nitrogens is 2. The Balaban J connectivity index is 1.90. The molecule has 1 saturated heterocycles. The minimum atomic E-state index is 0.444. The molecule has 0 radical (unpaired) electrons. The predicted octanol–water partition coefficient (Wildman–Crippen LogP) is 0.911. The van der Waals surface area contributed by atoms with Gasteiger partial charge in [0.25, 0.3) is 0 Å². The highest BCUT2D eigenvalue weighted by Crippen LogP contribution is 2.16. The molecule has 2 rings (SSSR count). The van der Waals surface area contributed by atoms with Crippen molar-refractivity contribution in [1.29, 1.82) is 0 Å². The van der Waals surface area contributed by atoms with Gasteiger partial charge in [-0.25, -0.2) is 4.98 Å². The third kappa shape index (κ3) is 2.87. The first-order valence-electron chi connectivity index (χ1n) is 5.17. The second-order valence-electron chi connectivity index (χ2n) is 3.96. The van der Waals surface area contributed by atoms with Crippen LogP contribution in [0.5, 0.6) is 0 Å². The first-order valence-corrected chi connectivity index (χ1v) is 5.54. The summed E-state index contributed by atoms with van der Waals surface area (Å²) in [6.07, 6.45) is 4.52. The molecule has 0 aliphatic carbocycles. The van der Waals surface area contributed by atoms with Gasteiger partial charge in [-0.15, -0.1) is 0 Å². The minimum absolute atomic E-state index is 0.444. The summed E-state index contributed by atoms with van der Waals surface area (Å²) in [5, 5.41) is 0.444. The van der Waals surface area contributed by atoms with E-state index in [1.807, 2.05) is 0 Å². The highest BCUT2D eigenvalue weighted by molar-refractivity contribution is 6.29. The zero-order valence-electron chi connectivity index (χ0n) is 8.56. The molecule has 4 nitrogen and oxygen atoms in total. The van der Waals surface area contributed by atoms with Gasteiger partial charge in [0.15, 0.2) is 0 Å². The van der Waals surface area contributed by atoms with Crippen LogP contribution in [0, 0.1) is 5.92 Å². The zero-order valence-corrected chi connectivity index (χ0v) is 9.32. The molecule has 1 aromatic rings. The monoisotopic (exact) mass is 226 g/mol. The van der Waals surface area contributed by atoms with E-state index in [-0.39, 0.29) is 0 Å². The van der Waals surface area contributed by atoms with E-state index < -0.39 is 0 Å². The number of nitrogens with zero attached hydrogens (tertiary/aromatic N) is 3. The highest BCUT2D eigenvalue weighted by atomic mass is 35.5. The number of nitrogens with two attached hydrogens (primary N) is 1. The molecular weight excluding hydrogens is 212 g/mol. The normalized spacial score (nSPS) is 22.1. The van der Waals surface area contributed by atoms with Crippen LogP contribution in [0.3, 0.4) is 0 Å². The highest BCUT2D eigenvalue weighted by Gasteiger charge is 2.21. The van der Waals surface area contributed by atoms with Gasteiger partial charge in [-0.2, -0.15) is 0 Å². The van der Waals surface area contributed by atoms with Gasteiger partial charge in [-0.1, -0.05) is 11.6 Å². The Morgan fingerprint density at radius 1 is 1.47 bits per heavy atom. The molecule has 0 aromatic carbocycles. The van der Waals surface area contributed by atoms with Crippen molar-refractivity contribution in [3.8, 4) is 0 Å². The fraction of sp³-hybridized carbons (Fsp3) is 0.600. The summed E-state index contributed by atoms with van der Waals surface area (Å²) in [4.78, 5) is 10.6. The first-order chi connectivity index (χ1) is 7.28. The molecule has 0 amide bonds. The van der Waals surface area contributed by atoms with Crippen molar-refractivity contribution < 1.29 is 0 Å². The molecule has 1 aliphatic heterocycles. The molecule has 5 heteroatoms. The fourth-order valence-electron chi connectivity index (χ4n) is 1.90. The number of likely N-dealkylation sites (tertiary alicyclic amines) is 1. The Labute approximate surface area is 94.5 Å². The lowest BCUT2D eigenvalue weighted by molar-refractivity contribution is 0.313. The van der Waals surface area contributed by atoms with Gasteiger partial charge in [0.05, 0.1) is 18.1 Å². The van der Waals surface area contributed by atoms with Crippen LogP contribution in [0.25, 0.3) is 0 Å². The predicted molar refractivity (Wildman–Crippen MR) is 59.5 cm³/mol. The largest absolute Gasteiger partial charge is 0.330 e. The second kappa shape index (κ2) is 4.88. The third-order valence-corrected chi connectivity index (χ3v) is 2.96. The van der Waals surface area contributed by atoms with Crippen LogP contribution in [0.2, 0.25) is 5.15 Å². The fourth-order valence-corrected chi connectivity index (χ4v) is 2.00. The van der Waals surface area contributed by atoms with Crippen molar-refractivity contribution in [1.82, 2.24) is 14.9 Å². The van der Waals surface area contributed by atoms with E-state index in [0.717, 1.165) is 31.9 Å². The average Bonchev–Trinajstić information content (AvgIpc) is 2.69. The van der Waals surface area contributed by atoms with E-state index in [2.05, 4.69) is 14.9 Å². The van der Waals surface area contributed by atoms with E-state index in [9.17, 15) is 0 Å². The Morgan fingerprint density at radius 3 is 2.93 bits per heavy atom. The molecule has 1 aromatic heterocycles. The lowest BCUT2D eigenvalue weighted by Crippen LogP contribution is -2.23. The Kier molecular flexibility index (Phi) is 3.51. The van der Waals surface area contributed by atoms with E-state index in [1.165, 1.54) is 6.42 Å². The summed E-state index contributed by atoms with van der Waals surface area (Å²) in [5.41, 5.74) is 6.61. The summed E-state index contributed by atoms with van der Waals surface area (Å²) in [6.45, 7) is 3.80. The standard InChI is InChI=1S/C10H15ClN4/c11-10-5-13-9(4-14-10)7-15-2-1-8(3-12)6-15/h4-5,8H,1-3,6-7,12H2. The van der Waals surface area contributed by atoms with Gasteiger partial charge in [0.2, 0.25) is 0 Å². The van der Waals surface area contributed by atoms with Gasteiger partial charge >= 0.3 is 0 Å². The number of halogens is 1. The van der Waals surface area contributed by atoms with Crippen LogP contribution in [-0.2, 0) is 6.54 Å². The van der Waals surface area contributed by atoms with Crippen LogP contribution in [0.15, 0.2) is 12.4 Å². The number of rotatable bonds is 3. The quantitative estimate of drug-likeness (QED) is 0.833. The van der Waals surface area contributed by atoms with Crippen molar-refractivity contribution >= 4 is 11.6 Å².